The molecule has 1 heterocycles. The normalized spacial score (nSPS) is 17.2. The van der Waals surface area contributed by atoms with E-state index in [2.05, 4.69) is 31.9 Å². The molecule has 1 aliphatic heterocycles. The van der Waals surface area contributed by atoms with Crippen LogP contribution >= 0.6 is 31.9 Å². The number of hydrogen-bond acceptors (Lipinski definition) is 2. The number of benzene rings is 2. The van der Waals surface area contributed by atoms with Gasteiger partial charge < -0.3 is 10.6 Å². The Morgan fingerprint density at radius 2 is 1.81 bits per heavy atom. The third-order valence-electron chi connectivity index (χ3n) is 3.48. The minimum atomic E-state index is -0.701. The van der Waals surface area contributed by atoms with Gasteiger partial charge in [0.05, 0.1) is 6.54 Å². The average molecular weight is 414 g/mol. The molecule has 0 aliphatic carbocycles. The summed E-state index contributed by atoms with van der Waals surface area (Å²) in [5.74, 6) is -0.562. The second-order valence-corrected chi connectivity index (χ2v) is 6.67. The molecule has 1 unspecified atom stereocenters. The summed E-state index contributed by atoms with van der Waals surface area (Å²) in [7, 11) is 0. The Hall–Kier alpha value is -1.24. The molecule has 0 saturated carbocycles. The molecule has 2 N–H and O–H groups in total. The van der Waals surface area contributed by atoms with Crippen molar-refractivity contribution in [2.45, 2.75) is 12.6 Å². The molecular weight excluding hydrogens is 403 g/mol. The van der Waals surface area contributed by atoms with Crippen LogP contribution in [0.4, 0.5) is 10.1 Å². The minimum absolute atomic E-state index is 0.159. The van der Waals surface area contributed by atoms with E-state index in [9.17, 15) is 9.18 Å². The third kappa shape index (κ3) is 2.63. The maximum absolute atomic E-state index is 13.9. The Labute approximate surface area is 138 Å². The molecule has 1 amide bonds. The molecule has 0 saturated heterocycles. The SMILES string of the molecule is NC1C(=O)N(Cc2cc(Br)ccc2F)c2ccc(Br)cc21. The smallest absolute Gasteiger partial charge is 0.248 e. The summed E-state index contributed by atoms with van der Waals surface area (Å²) in [5, 5.41) is 0. The molecule has 2 aromatic carbocycles. The van der Waals surface area contributed by atoms with Crippen molar-refractivity contribution < 1.29 is 9.18 Å². The van der Waals surface area contributed by atoms with E-state index < -0.39 is 6.04 Å². The number of hydrogen-bond donors (Lipinski definition) is 1. The molecule has 108 valence electrons. The summed E-state index contributed by atoms with van der Waals surface area (Å²) in [4.78, 5) is 13.9. The minimum Gasteiger partial charge on any atom is -0.316 e. The van der Waals surface area contributed by atoms with Crippen LogP contribution < -0.4 is 10.6 Å². The van der Waals surface area contributed by atoms with Gasteiger partial charge in [0.2, 0.25) is 5.91 Å². The first-order chi connectivity index (χ1) is 9.97. The topological polar surface area (TPSA) is 46.3 Å². The number of nitrogens with two attached hydrogens (primary N) is 1. The van der Waals surface area contributed by atoms with Crippen molar-refractivity contribution in [1.29, 1.82) is 0 Å². The van der Waals surface area contributed by atoms with Gasteiger partial charge in [0.25, 0.3) is 0 Å². The summed E-state index contributed by atoms with van der Waals surface area (Å²) in [5.41, 5.74) is 7.89. The quantitative estimate of drug-likeness (QED) is 0.811. The highest BCUT2D eigenvalue weighted by Crippen LogP contribution is 2.37. The highest BCUT2D eigenvalue weighted by Gasteiger charge is 2.35. The zero-order chi connectivity index (χ0) is 15.1. The van der Waals surface area contributed by atoms with Gasteiger partial charge >= 0.3 is 0 Å². The maximum atomic E-state index is 13.9. The summed E-state index contributed by atoms with van der Waals surface area (Å²) >= 11 is 6.68. The predicted molar refractivity (Wildman–Crippen MR) is 86.4 cm³/mol. The van der Waals surface area contributed by atoms with Gasteiger partial charge in [-0.25, -0.2) is 4.39 Å². The lowest BCUT2D eigenvalue weighted by molar-refractivity contribution is -0.119. The first kappa shape index (κ1) is 14.7. The molecule has 2 aromatic rings. The van der Waals surface area contributed by atoms with Crippen molar-refractivity contribution in [3.05, 3.63) is 62.3 Å². The number of rotatable bonds is 2. The van der Waals surface area contributed by atoms with E-state index in [1.807, 2.05) is 18.2 Å². The Kier molecular flexibility index (Phi) is 3.86. The lowest BCUT2D eigenvalue weighted by atomic mass is 10.1. The first-order valence-electron chi connectivity index (χ1n) is 6.27. The van der Waals surface area contributed by atoms with Crippen molar-refractivity contribution in [2.75, 3.05) is 4.90 Å². The second kappa shape index (κ2) is 5.51. The number of carbonyl (C=O) groups is 1. The van der Waals surface area contributed by atoms with E-state index in [0.717, 1.165) is 20.2 Å². The van der Waals surface area contributed by atoms with Crippen LogP contribution in [0.2, 0.25) is 0 Å². The number of carbonyl (C=O) groups excluding carboxylic acids is 1. The van der Waals surface area contributed by atoms with Crippen LogP contribution in [0, 0.1) is 5.82 Å². The monoisotopic (exact) mass is 412 g/mol. The van der Waals surface area contributed by atoms with Crippen molar-refractivity contribution >= 4 is 43.5 Å². The largest absolute Gasteiger partial charge is 0.316 e. The van der Waals surface area contributed by atoms with Crippen molar-refractivity contribution in [2.24, 2.45) is 5.73 Å². The number of fused-ring (bicyclic) bond motifs is 1. The Bertz CT molecular complexity index is 736. The number of nitrogens with zero attached hydrogens (tertiary/aromatic N) is 1. The van der Waals surface area contributed by atoms with Crippen LogP contribution in [-0.2, 0) is 11.3 Å². The van der Waals surface area contributed by atoms with Crippen LogP contribution in [0.25, 0.3) is 0 Å². The number of halogens is 3. The molecule has 6 heteroatoms. The second-order valence-electron chi connectivity index (χ2n) is 4.84. The maximum Gasteiger partial charge on any atom is 0.248 e. The van der Waals surface area contributed by atoms with Gasteiger partial charge in [-0.15, -0.1) is 0 Å². The molecule has 0 spiro atoms. The average Bonchev–Trinajstić information content (AvgIpc) is 2.68. The molecule has 3 rings (SSSR count). The van der Waals surface area contributed by atoms with Crippen LogP contribution in [0.1, 0.15) is 17.2 Å². The first-order valence-corrected chi connectivity index (χ1v) is 7.86. The van der Waals surface area contributed by atoms with Gasteiger partial charge in [0, 0.05) is 25.8 Å². The molecule has 0 bridgehead atoms. The van der Waals surface area contributed by atoms with Crippen LogP contribution in [0.15, 0.2) is 45.3 Å². The van der Waals surface area contributed by atoms with E-state index >= 15 is 0 Å². The molecular formula is C15H11Br2FN2O. The lowest BCUT2D eigenvalue weighted by Crippen LogP contribution is -2.31. The van der Waals surface area contributed by atoms with E-state index in [-0.39, 0.29) is 18.3 Å². The summed E-state index contributed by atoms with van der Waals surface area (Å²) in [6, 6.07) is 9.46. The van der Waals surface area contributed by atoms with Crippen molar-refractivity contribution in [3.8, 4) is 0 Å². The lowest BCUT2D eigenvalue weighted by Gasteiger charge is -2.18. The van der Waals surface area contributed by atoms with Gasteiger partial charge in [-0.2, -0.15) is 0 Å². The van der Waals surface area contributed by atoms with Gasteiger partial charge in [0.1, 0.15) is 11.9 Å². The highest BCUT2D eigenvalue weighted by molar-refractivity contribution is 9.10. The van der Waals surface area contributed by atoms with E-state index in [0.29, 0.717) is 5.56 Å². The Morgan fingerprint density at radius 1 is 1.14 bits per heavy atom. The van der Waals surface area contributed by atoms with Crippen LogP contribution in [-0.4, -0.2) is 5.91 Å². The molecule has 0 aromatic heterocycles. The molecule has 0 fully saturated rings. The van der Waals surface area contributed by atoms with E-state index in [1.54, 1.807) is 12.1 Å². The molecule has 1 aliphatic rings. The molecule has 0 radical (unpaired) electrons. The zero-order valence-electron chi connectivity index (χ0n) is 10.8. The Balaban J connectivity index is 2.00. The zero-order valence-corrected chi connectivity index (χ0v) is 14.0. The fraction of sp³-hybridized carbons (Fsp3) is 0.133. The predicted octanol–water partition coefficient (Wildman–Crippen LogP) is 3.90. The standard InChI is InChI=1S/C15H11Br2FN2O/c16-9-1-3-12(18)8(5-9)7-20-13-4-2-10(17)6-11(13)14(19)15(20)21/h1-6,14H,7,19H2. The van der Waals surface area contributed by atoms with E-state index in [4.69, 9.17) is 5.73 Å². The third-order valence-corrected chi connectivity index (χ3v) is 4.47. The summed E-state index contributed by atoms with van der Waals surface area (Å²) in [6.45, 7) is 0.159. The summed E-state index contributed by atoms with van der Waals surface area (Å²) in [6.07, 6.45) is 0. The van der Waals surface area contributed by atoms with Gasteiger partial charge in [-0.3, -0.25) is 4.79 Å². The van der Waals surface area contributed by atoms with Crippen molar-refractivity contribution in [1.82, 2.24) is 0 Å². The molecule has 1 atom stereocenters. The highest BCUT2D eigenvalue weighted by atomic mass is 79.9. The van der Waals surface area contributed by atoms with Gasteiger partial charge in [-0.05, 0) is 36.4 Å². The number of anilines is 1. The van der Waals surface area contributed by atoms with Gasteiger partial charge in [-0.1, -0.05) is 31.9 Å². The van der Waals surface area contributed by atoms with Gasteiger partial charge in [0.15, 0.2) is 0 Å². The van der Waals surface area contributed by atoms with Crippen LogP contribution in [0.5, 0.6) is 0 Å². The van der Waals surface area contributed by atoms with Crippen molar-refractivity contribution in [3.63, 3.8) is 0 Å². The summed E-state index contributed by atoms with van der Waals surface area (Å²) < 4.78 is 15.5. The Morgan fingerprint density at radius 3 is 2.57 bits per heavy atom. The number of amides is 1. The molecule has 21 heavy (non-hydrogen) atoms. The molecule has 3 nitrogen and oxygen atoms in total. The fourth-order valence-corrected chi connectivity index (χ4v) is 3.23. The van der Waals surface area contributed by atoms with E-state index in [1.165, 1.54) is 11.0 Å². The fourth-order valence-electron chi connectivity index (χ4n) is 2.44. The van der Waals surface area contributed by atoms with Crippen LogP contribution in [0.3, 0.4) is 0 Å².